The SMILES string of the molecule is CNCCC(=O)Oc1cc([N+](=O)[O-])ccc1N(C)C(=O)OC(C)(C)C. The maximum absolute atomic E-state index is 12.2. The largest absolute Gasteiger partial charge is 0.443 e. The summed E-state index contributed by atoms with van der Waals surface area (Å²) >= 11 is 0. The number of esters is 1. The predicted molar refractivity (Wildman–Crippen MR) is 91.9 cm³/mol. The normalized spacial score (nSPS) is 10.9. The lowest BCUT2D eigenvalue weighted by atomic mass is 10.2. The van der Waals surface area contributed by atoms with Crippen LogP contribution in [0.2, 0.25) is 0 Å². The fraction of sp³-hybridized carbons (Fsp3) is 0.500. The molecule has 0 aliphatic rings. The second-order valence-electron chi connectivity index (χ2n) is 6.28. The third kappa shape index (κ3) is 6.38. The van der Waals surface area contributed by atoms with Gasteiger partial charge in [0.15, 0.2) is 5.75 Å². The summed E-state index contributed by atoms with van der Waals surface area (Å²) in [5, 5.41) is 13.8. The molecule has 1 rings (SSSR count). The molecule has 1 aromatic rings. The van der Waals surface area contributed by atoms with Gasteiger partial charge in [0.25, 0.3) is 5.69 Å². The van der Waals surface area contributed by atoms with Crippen molar-refractivity contribution >= 4 is 23.4 Å². The molecule has 0 saturated heterocycles. The molecule has 0 heterocycles. The lowest BCUT2D eigenvalue weighted by molar-refractivity contribution is -0.384. The number of nitro groups is 1. The molecule has 0 radical (unpaired) electrons. The van der Waals surface area contributed by atoms with Gasteiger partial charge in [0.05, 0.1) is 23.1 Å². The molecule has 0 spiro atoms. The van der Waals surface area contributed by atoms with Crippen molar-refractivity contribution in [3.8, 4) is 5.75 Å². The monoisotopic (exact) mass is 353 g/mol. The molecule has 1 N–H and O–H groups in total. The van der Waals surface area contributed by atoms with Crippen LogP contribution in [0.25, 0.3) is 0 Å². The maximum atomic E-state index is 12.2. The highest BCUT2D eigenvalue weighted by atomic mass is 16.6. The highest BCUT2D eigenvalue weighted by Crippen LogP contribution is 2.33. The highest BCUT2D eigenvalue weighted by molar-refractivity contribution is 5.90. The van der Waals surface area contributed by atoms with Crippen LogP contribution in [0.4, 0.5) is 16.2 Å². The number of ether oxygens (including phenoxy) is 2. The van der Waals surface area contributed by atoms with Crippen molar-refractivity contribution < 1.29 is 24.0 Å². The van der Waals surface area contributed by atoms with E-state index in [1.165, 1.54) is 19.2 Å². The third-order valence-corrected chi connectivity index (χ3v) is 2.99. The average Bonchev–Trinajstić information content (AvgIpc) is 2.50. The molecule has 1 aromatic carbocycles. The van der Waals surface area contributed by atoms with Crippen LogP contribution in [0.15, 0.2) is 18.2 Å². The van der Waals surface area contributed by atoms with E-state index in [0.29, 0.717) is 6.54 Å². The standard InChI is InChI=1S/C16H23N3O6/c1-16(2,3)25-15(21)18(5)12-7-6-11(19(22)23)10-13(12)24-14(20)8-9-17-4/h6-7,10,17H,8-9H2,1-5H3. The zero-order valence-corrected chi connectivity index (χ0v) is 15.0. The number of rotatable bonds is 6. The van der Waals surface area contributed by atoms with E-state index in [2.05, 4.69) is 5.32 Å². The predicted octanol–water partition coefficient (Wildman–Crippen LogP) is 2.48. The van der Waals surface area contributed by atoms with E-state index in [4.69, 9.17) is 9.47 Å². The zero-order chi connectivity index (χ0) is 19.2. The molecule has 138 valence electrons. The minimum Gasteiger partial charge on any atom is -0.443 e. The molecule has 0 fully saturated rings. The number of nitrogens with one attached hydrogen (secondary N) is 1. The lowest BCUT2D eigenvalue weighted by Crippen LogP contribution is -2.34. The van der Waals surface area contributed by atoms with Crippen molar-refractivity contribution in [1.82, 2.24) is 5.32 Å². The van der Waals surface area contributed by atoms with Gasteiger partial charge < -0.3 is 14.8 Å². The number of nitro benzene ring substituents is 1. The fourth-order valence-corrected chi connectivity index (χ4v) is 1.80. The second-order valence-corrected chi connectivity index (χ2v) is 6.28. The van der Waals surface area contributed by atoms with Crippen LogP contribution in [0.5, 0.6) is 5.75 Å². The number of non-ortho nitro benzene ring substituents is 1. The molecule has 9 heteroatoms. The number of benzene rings is 1. The number of carbonyl (C=O) groups is 2. The Morgan fingerprint density at radius 3 is 2.48 bits per heavy atom. The Morgan fingerprint density at radius 1 is 1.32 bits per heavy atom. The van der Waals surface area contributed by atoms with Crippen LogP contribution in [-0.2, 0) is 9.53 Å². The molecule has 0 aliphatic heterocycles. The van der Waals surface area contributed by atoms with Crippen molar-refractivity contribution in [1.29, 1.82) is 0 Å². The molecule has 0 saturated carbocycles. The van der Waals surface area contributed by atoms with E-state index in [-0.39, 0.29) is 23.5 Å². The number of carbonyl (C=O) groups excluding carboxylic acids is 2. The van der Waals surface area contributed by atoms with Gasteiger partial charge >= 0.3 is 12.1 Å². The number of hydrogen-bond acceptors (Lipinski definition) is 7. The van der Waals surface area contributed by atoms with Gasteiger partial charge in [-0.05, 0) is 33.9 Å². The summed E-state index contributed by atoms with van der Waals surface area (Å²) in [6.45, 7) is 5.54. The molecule has 25 heavy (non-hydrogen) atoms. The average molecular weight is 353 g/mol. The van der Waals surface area contributed by atoms with Crippen LogP contribution >= 0.6 is 0 Å². The van der Waals surface area contributed by atoms with Gasteiger partial charge in [0, 0.05) is 19.7 Å². The Bertz CT molecular complexity index is 654. The molecule has 0 aliphatic carbocycles. The van der Waals surface area contributed by atoms with E-state index >= 15 is 0 Å². The third-order valence-electron chi connectivity index (χ3n) is 2.99. The van der Waals surface area contributed by atoms with Crippen LogP contribution < -0.4 is 15.0 Å². The van der Waals surface area contributed by atoms with Crippen LogP contribution in [0, 0.1) is 10.1 Å². The number of nitrogens with zero attached hydrogens (tertiary/aromatic N) is 2. The van der Waals surface area contributed by atoms with Crippen molar-refractivity contribution in [2.45, 2.75) is 32.8 Å². The fourth-order valence-electron chi connectivity index (χ4n) is 1.80. The quantitative estimate of drug-likeness (QED) is 0.362. The van der Waals surface area contributed by atoms with E-state index < -0.39 is 22.6 Å². The van der Waals surface area contributed by atoms with Gasteiger partial charge in [-0.25, -0.2) is 4.79 Å². The molecule has 0 unspecified atom stereocenters. The summed E-state index contributed by atoms with van der Waals surface area (Å²) in [6.07, 6.45) is -0.594. The Morgan fingerprint density at radius 2 is 1.96 bits per heavy atom. The molecule has 0 atom stereocenters. The zero-order valence-electron chi connectivity index (χ0n) is 15.0. The number of amides is 1. The first kappa shape index (κ1) is 20.4. The molecule has 0 bridgehead atoms. The molecular weight excluding hydrogens is 330 g/mol. The summed E-state index contributed by atoms with van der Waals surface area (Å²) in [6, 6.07) is 3.66. The summed E-state index contributed by atoms with van der Waals surface area (Å²) in [7, 11) is 3.11. The lowest BCUT2D eigenvalue weighted by Gasteiger charge is -2.25. The van der Waals surface area contributed by atoms with E-state index in [1.54, 1.807) is 27.8 Å². The van der Waals surface area contributed by atoms with Crippen molar-refractivity contribution in [2.75, 3.05) is 25.5 Å². The Hall–Kier alpha value is -2.68. The molecule has 0 aromatic heterocycles. The summed E-state index contributed by atoms with van der Waals surface area (Å²) < 4.78 is 10.5. The Labute approximate surface area is 146 Å². The van der Waals surface area contributed by atoms with Crippen molar-refractivity contribution in [3.63, 3.8) is 0 Å². The van der Waals surface area contributed by atoms with E-state index in [1.807, 2.05) is 0 Å². The minimum atomic E-state index is -0.713. The van der Waals surface area contributed by atoms with Crippen LogP contribution in [0.1, 0.15) is 27.2 Å². The van der Waals surface area contributed by atoms with E-state index in [9.17, 15) is 19.7 Å². The maximum Gasteiger partial charge on any atom is 0.414 e. The highest BCUT2D eigenvalue weighted by Gasteiger charge is 2.25. The topological polar surface area (TPSA) is 111 Å². The van der Waals surface area contributed by atoms with Gasteiger partial charge in [0.2, 0.25) is 0 Å². The first-order valence-electron chi connectivity index (χ1n) is 7.65. The molecule has 1 amide bonds. The summed E-state index contributed by atoms with van der Waals surface area (Å²) in [5.74, 6) is -0.655. The summed E-state index contributed by atoms with van der Waals surface area (Å²) in [5.41, 5.74) is -0.772. The Kier molecular flexibility index (Phi) is 6.86. The van der Waals surface area contributed by atoms with Crippen molar-refractivity contribution in [3.05, 3.63) is 28.3 Å². The van der Waals surface area contributed by atoms with Crippen molar-refractivity contribution in [2.24, 2.45) is 0 Å². The molecular formula is C16H23N3O6. The van der Waals surface area contributed by atoms with Crippen LogP contribution in [-0.4, -0.2) is 43.2 Å². The van der Waals surface area contributed by atoms with Gasteiger partial charge in [-0.2, -0.15) is 0 Å². The van der Waals surface area contributed by atoms with Gasteiger partial charge in [-0.3, -0.25) is 19.8 Å². The number of anilines is 1. The minimum absolute atomic E-state index is 0.0782. The second kappa shape index (κ2) is 8.43. The van der Waals surface area contributed by atoms with Gasteiger partial charge in [-0.1, -0.05) is 0 Å². The number of hydrogen-bond donors (Lipinski definition) is 1. The first-order chi connectivity index (χ1) is 11.5. The van der Waals surface area contributed by atoms with E-state index in [0.717, 1.165) is 11.0 Å². The molecule has 9 nitrogen and oxygen atoms in total. The summed E-state index contributed by atoms with van der Waals surface area (Å²) in [4.78, 5) is 35.6. The smallest absolute Gasteiger partial charge is 0.414 e. The van der Waals surface area contributed by atoms with Gasteiger partial charge in [0.1, 0.15) is 5.60 Å². The van der Waals surface area contributed by atoms with Gasteiger partial charge in [-0.15, -0.1) is 0 Å². The Balaban J connectivity index is 3.13. The van der Waals surface area contributed by atoms with Crippen LogP contribution in [0.3, 0.4) is 0 Å². The first-order valence-corrected chi connectivity index (χ1v) is 7.65.